The molecule has 0 amide bonds. The Bertz CT molecular complexity index is 459. The molecule has 16 heavy (non-hydrogen) atoms. The maximum Gasteiger partial charge on any atom is 0.0843 e. The van der Waals surface area contributed by atoms with Gasteiger partial charge in [0.05, 0.1) is 15.0 Å². The van der Waals surface area contributed by atoms with Gasteiger partial charge in [0.15, 0.2) is 0 Å². The molecule has 2 aromatic heterocycles. The van der Waals surface area contributed by atoms with Crippen LogP contribution in [0.3, 0.4) is 0 Å². The lowest BCUT2D eigenvalue weighted by Gasteiger charge is -2.00. The van der Waals surface area contributed by atoms with E-state index in [1.807, 2.05) is 12.4 Å². The standard InChI is InChI=1S/C10H10Br2N2S2/c1-6-9(15-5-14-6)4-13-3-7-2-8(11)10(12)16-7/h2,5,13H,3-4H2,1H3. The predicted octanol–water partition coefficient (Wildman–Crippen LogP) is 4.33. The van der Waals surface area contributed by atoms with Gasteiger partial charge in [-0.25, -0.2) is 4.98 Å². The first-order chi connectivity index (χ1) is 7.66. The smallest absolute Gasteiger partial charge is 0.0843 e. The van der Waals surface area contributed by atoms with E-state index in [4.69, 9.17) is 0 Å². The van der Waals surface area contributed by atoms with Crippen LogP contribution >= 0.6 is 54.5 Å². The molecule has 86 valence electrons. The largest absolute Gasteiger partial charge is 0.307 e. The molecular formula is C10H10Br2N2S2. The molecule has 2 nitrogen and oxygen atoms in total. The molecule has 0 atom stereocenters. The zero-order valence-corrected chi connectivity index (χ0v) is 13.4. The molecule has 0 bridgehead atoms. The molecule has 0 saturated carbocycles. The highest BCUT2D eigenvalue weighted by molar-refractivity contribution is 9.13. The first-order valence-corrected chi connectivity index (χ1v) is 7.98. The van der Waals surface area contributed by atoms with Crippen molar-refractivity contribution in [2.75, 3.05) is 0 Å². The Kier molecular flexibility index (Phi) is 4.55. The summed E-state index contributed by atoms with van der Waals surface area (Å²) in [4.78, 5) is 6.86. The SMILES string of the molecule is Cc1ncsc1CNCc1cc(Br)c(Br)s1. The lowest BCUT2D eigenvalue weighted by molar-refractivity contribution is 0.704. The van der Waals surface area contributed by atoms with Crippen LogP contribution in [0.2, 0.25) is 0 Å². The van der Waals surface area contributed by atoms with E-state index in [-0.39, 0.29) is 0 Å². The Morgan fingerprint density at radius 2 is 2.19 bits per heavy atom. The molecule has 0 aliphatic carbocycles. The highest BCUT2D eigenvalue weighted by Crippen LogP contribution is 2.32. The summed E-state index contributed by atoms with van der Waals surface area (Å²) < 4.78 is 2.28. The van der Waals surface area contributed by atoms with Gasteiger partial charge in [-0.3, -0.25) is 0 Å². The Labute approximate surface area is 119 Å². The number of halogens is 2. The van der Waals surface area contributed by atoms with Crippen LogP contribution in [0.15, 0.2) is 19.8 Å². The summed E-state index contributed by atoms with van der Waals surface area (Å²) in [6.07, 6.45) is 0. The minimum Gasteiger partial charge on any atom is -0.307 e. The van der Waals surface area contributed by atoms with Crippen molar-refractivity contribution in [3.63, 3.8) is 0 Å². The Hall–Kier alpha value is 0.250. The van der Waals surface area contributed by atoms with Gasteiger partial charge in [-0.15, -0.1) is 22.7 Å². The van der Waals surface area contributed by atoms with Gasteiger partial charge in [-0.1, -0.05) is 0 Å². The average molecular weight is 382 g/mol. The van der Waals surface area contributed by atoms with E-state index in [2.05, 4.69) is 48.2 Å². The molecule has 2 heterocycles. The van der Waals surface area contributed by atoms with Crippen LogP contribution in [0.1, 0.15) is 15.4 Å². The lowest BCUT2D eigenvalue weighted by Crippen LogP contribution is -2.11. The first-order valence-electron chi connectivity index (χ1n) is 4.70. The Balaban J connectivity index is 1.87. The summed E-state index contributed by atoms with van der Waals surface area (Å²) in [5.74, 6) is 0. The van der Waals surface area contributed by atoms with Crippen molar-refractivity contribution in [2.24, 2.45) is 0 Å². The molecule has 0 unspecified atom stereocenters. The Morgan fingerprint density at radius 1 is 1.38 bits per heavy atom. The lowest BCUT2D eigenvalue weighted by atomic mass is 10.4. The summed E-state index contributed by atoms with van der Waals surface area (Å²) in [6, 6.07) is 2.14. The number of aromatic nitrogens is 1. The number of hydrogen-bond donors (Lipinski definition) is 1. The fraction of sp³-hybridized carbons (Fsp3) is 0.300. The summed E-state index contributed by atoms with van der Waals surface area (Å²) in [5.41, 5.74) is 3.02. The zero-order valence-electron chi connectivity index (χ0n) is 8.59. The van der Waals surface area contributed by atoms with Gasteiger partial charge in [0.1, 0.15) is 0 Å². The second-order valence-corrected chi connectivity index (χ2v) is 7.55. The van der Waals surface area contributed by atoms with E-state index in [0.29, 0.717) is 0 Å². The van der Waals surface area contributed by atoms with E-state index >= 15 is 0 Å². The number of thiazole rings is 1. The van der Waals surface area contributed by atoms with Gasteiger partial charge in [0.25, 0.3) is 0 Å². The summed E-state index contributed by atoms with van der Waals surface area (Å²) in [6.45, 7) is 3.83. The third kappa shape index (κ3) is 3.13. The third-order valence-corrected chi connectivity index (χ3v) is 6.32. The molecule has 0 spiro atoms. The van der Waals surface area contributed by atoms with Crippen LogP contribution in [0.4, 0.5) is 0 Å². The van der Waals surface area contributed by atoms with Gasteiger partial charge >= 0.3 is 0 Å². The molecule has 0 fully saturated rings. The van der Waals surface area contributed by atoms with Crippen LogP contribution < -0.4 is 5.32 Å². The number of hydrogen-bond acceptors (Lipinski definition) is 4. The fourth-order valence-electron chi connectivity index (χ4n) is 1.27. The van der Waals surface area contributed by atoms with Gasteiger partial charge in [-0.2, -0.15) is 0 Å². The van der Waals surface area contributed by atoms with E-state index in [0.717, 1.165) is 27.0 Å². The average Bonchev–Trinajstić information content (AvgIpc) is 2.76. The molecule has 6 heteroatoms. The molecule has 0 aliphatic heterocycles. The van der Waals surface area contributed by atoms with Crippen LogP contribution in [-0.4, -0.2) is 4.98 Å². The van der Waals surface area contributed by atoms with Crippen LogP contribution in [0.5, 0.6) is 0 Å². The highest BCUT2D eigenvalue weighted by Gasteiger charge is 2.04. The molecular weight excluding hydrogens is 372 g/mol. The summed E-state index contributed by atoms with van der Waals surface area (Å²) in [5, 5.41) is 3.42. The van der Waals surface area contributed by atoms with Crippen molar-refractivity contribution in [2.45, 2.75) is 20.0 Å². The van der Waals surface area contributed by atoms with Crippen LogP contribution in [0.25, 0.3) is 0 Å². The fourth-order valence-corrected chi connectivity index (χ4v) is 4.17. The van der Waals surface area contributed by atoms with E-state index in [1.54, 1.807) is 22.7 Å². The van der Waals surface area contributed by atoms with Crippen molar-refractivity contribution in [1.82, 2.24) is 10.3 Å². The van der Waals surface area contributed by atoms with E-state index in [9.17, 15) is 0 Å². The number of thiophene rings is 1. The minimum atomic E-state index is 0.892. The first kappa shape index (κ1) is 12.7. The second kappa shape index (κ2) is 5.73. The molecule has 2 rings (SSSR count). The van der Waals surface area contributed by atoms with Gasteiger partial charge in [0.2, 0.25) is 0 Å². The Morgan fingerprint density at radius 3 is 2.75 bits per heavy atom. The second-order valence-electron chi connectivity index (χ2n) is 3.30. The maximum atomic E-state index is 4.23. The molecule has 2 aromatic rings. The minimum absolute atomic E-state index is 0.892. The quantitative estimate of drug-likeness (QED) is 0.852. The van der Waals surface area contributed by atoms with E-state index < -0.39 is 0 Å². The van der Waals surface area contributed by atoms with Gasteiger partial charge in [0, 0.05) is 27.3 Å². The third-order valence-electron chi connectivity index (χ3n) is 2.13. The van der Waals surface area contributed by atoms with Crippen molar-refractivity contribution in [3.8, 4) is 0 Å². The summed E-state index contributed by atoms with van der Waals surface area (Å²) in [7, 11) is 0. The van der Waals surface area contributed by atoms with Crippen LogP contribution in [-0.2, 0) is 13.1 Å². The molecule has 0 radical (unpaired) electrons. The van der Waals surface area contributed by atoms with Gasteiger partial charge < -0.3 is 5.32 Å². The van der Waals surface area contributed by atoms with Crippen LogP contribution in [0, 0.1) is 6.92 Å². The summed E-state index contributed by atoms with van der Waals surface area (Å²) >= 11 is 10.4. The predicted molar refractivity (Wildman–Crippen MR) is 77.1 cm³/mol. The number of nitrogens with one attached hydrogen (secondary N) is 1. The normalized spacial score (nSPS) is 10.9. The van der Waals surface area contributed by atoms with Crippen molar-refractivity contribution < 1.29 is 0 Å². The molecule has 0 aromatic carbocycles. The van der Waals surface area contributed by atoms with Crippen molar-refractivity contribution in [3.05, 3.63) is 35.3 Å². The number of rotatable bonds is 4. The molecule has 1 N–H and O–H groups in total. The topological polar surface area (TPSA) is 24.9 Å². The molecule has 0 saturated heterocycles. The van der Waals surface area contributed by atoms with Crippen molar-refractivity contribution in [1.29, 1.82) is 0 Å². The monoisotopic (exact) mass is 380 g/mol. The van der Waals surface area contributed by atoms with Crippen molar-refractivity contribution >= 4 is 54.5 Å². The van der Waals surface area contributed by atoms with Gasteiger partial charge in [-0.05, 0) is 44.8 Å². The highest BCUT2D eigenvalue weighted by atomic mass is 79.9. The maximum absolute atomic E-state index is 4.23. The zero-order chi connectivity index (χ0) is 11.5. The number of nitrogens with zero attached hydrogens (tertiary/aromatic N) is 1. The number of aryl methyl sites for hydroxylation is 1. The van der Waals surface area contributed by atoms with E-state index in [1.165, 1.54) is 9.75 Å². The molecule has 0 aliphatic rings.